The summed E-state index contributed by atoms with van der Waals surface area (Å²) in [6.07, 6.45) is 0.969. The number of rotatable bonds is 13. The van der Waals surface area contributed by atoms with Crippen molar-refractivity contribution in [1.29, 1.82) is 0 Å². The van der Waals surface area contributed by atoms with Crippen molar-refractivity contribution < 1.29 is 21.6 Å². The van der Waals surface area contributed by atoms with E-state index in [-0.39, 0.29) is 5.78 Å². The van der Waals surface area contributed by atoms with Crippen molar-refractivity contribution in [2.75, 3.05) is 0 Å². The van der Waals surface area contributed by atoms with Crippen LogP contribution in [-0.4, -0.2) is 53.5 Å². The third-order valence-corrected chi connectivity index (χ3v) is 19.6. The second kappa shape index (κ2) is 11.1. The fourth-order valence-corrected chi connectivity index (χ4v) is 22.9. The molecule has 0 spiro atoms. The van der Waals surface area contributed by atoms with E-state index in [2.05, 4.69) is 84.1 Å². The average Bonchev–Trinajstić information content (AvgIpc) is 2.53. The summed E-state index contributed by atoms with van der Waals surface area (Å²) < 4.78 is 25.8. The Morgan fingerprint density at radius 3 is 1.50 bits per heavy atom. The van der Waals surface area contributed by atoms with Crippen LogP contribution < -0.4 is 0 Å². The van der Waals surface area contributed by atoms with Crippen molar-refractivity contribution in [2.45, 2.75) is 110 Å². The summed E-state index contributed by atoms with van der Waals surface area (Å²) in [4.78, 5) is 13.5. The number of Topliss-reactive ketones (excluding diaryl/α,β-unsaturated/α-hetero) is 1. The average molecular weight is 559 g/mol. The number of hydrogen-bond acceptors (Lipinski definition) is 5. The summed E-state index contributed by atoms with van der Waals surface area (Å²) >= 11 is 0. The molecule has 0 aromatic heterocycles. The molecule has 5 nitrogen and oxygen atoms in total. The van der Waals surface area contributed by atoms with Crippen molar-refractivity contribution in [3.8, 4) is 0 Å². The molecular weight excluding hydrogens is 509 g/mol. The van der Waals surface area contributed by atoms with E-state index in [9.17, 15) is 4.79 Å². The minimum absolute atomic E-state index is 0.0482. The molecule has 0 saturated carbocycles. The van der Waals surface area contributed by atoms with Crippen molar-refractivity contribution in [3.05, 3.63) is 35.4 Å². The van der Waals surface area contributed by atoms with Gasteiger partial charge in [0.2, 0.25) is 0 Å². The van der Waals surface area contributed by atoms with Gasteiger partial charge in [0.1, 0.15) is 5.60 Å². The number of benzene rings is 1. The molecule has 0 N–H and O–H groups in total. The topological polar surface area (TPSA) is 54.0 Å². The predicted octanol–water partition coefficient (Wildman–Crippen LogP) is 7.54. The monoisotopic (exact) mass is 558 g/mol. The van der Waals surface area contributed by atoms with Gasteiger partial charge >= 0.3 is 8.80 Å². The normalized spacial score (nSPS) is 14.4. The lowest BCUT2D eigenvalue weighted by Gasteiger charge is -2.41. The largest absolute Gasteiger partial charge is 0.477 e. The molecular formula is C24H50O5Si5. The van der Waals surface area contributed by atoms with Crippen LogP contribution in [0.1, 0.15) is 29.8 Å². The smallest absolute Gasteiger partial charge is 0.456 e. The molecule has 1 aromatic rings. The van der Waals surface area contributed by atoms with E-state index < -0.39 is 47.7 Å². The number of ketones is 1. The van der Waals surface area contributed by atoms with Crippen molar-refractivity contribution in [2.24, 2.45) is 0 Å². The van der Waals surface area contributed by atoms with Gasteiger partial charge in [-0.25, -0.2) is 0 Å². The first-order valence-electron chi connectivity index (χ1n) is 12.4. The van der Waals surface area contributed by atoms with E-state index in [0.29, 0.717) is 5.56 Å². The zero-order valence-electron chi connectivity index (χ0n) is 24.3. The maximum absolute atomic E-state index is 13.5. The molecule has 0 fully saturated rings. The van der Waals surface area contributed by atoms with Crippen LogP contribution in [0.3, 0.4) is 0 Å². The van der Waals surface area contributed by atoms with Gasteiger partial charge in [-0.15, -0.1) is 0 Å². The van der Waals surface area contributed by atoms with Crippen LogP contribution in [0.2, 0.25) is 84.6 Å². The van der Waals surface area contributed by atoms with Crippen LogP contribution in [-0.2, 0) is 23.2 Å². The molecule has 0 radical (unpaired) electrons. The van der Waals surface area contributed by atoms with Crippen LogP contribution in [0.25, 0.3) is 0 Å². The van der Waals surface area contributed by atoms with E-state index in [4.69, 9.17) is 16.8 Å². The molecule has 0 aliphatic heterocycles. The maximum atomic E-state index is 13.5. The Balaban J connectivity index is 2.98. The Kier molecular flexibility index (Phi) is 10.4. The fraction of sp³-hybridized carbons (Fsp3) is 0.708. The zero-order chi connectivity index (χ0) is 26.8. The summed E-state index contributed by atoms with van der Waals surface area (Å²) in [5.41, 5.74) is 0.848. The van der Waals surface area contributed by atoms with Crippen LogP contribution in [0.15, 0.2) is 24.3 Å². The minimum atomic E-state index is -3.02. The highest BCUT2D eigenvalue weighted by atomic mass is 28.5. The van der Waals surface area contributed by atoms with Gasteiger partial charge in [-0.3, -0.25) is 4.79 Å². The molecule has 1 aromatic carbocycles. The number of carbonyl (C=O) groups is 1. The lowest BCUT2D eigenvalue weighted by atomic mass is 9.96. The van der Waals surface area contributed by atoms with Gasteiger partial charge in [-0.2, -0.15) is 0 Å². The molecule has 0 aliphatic carbocycles. The van der Waals surface area contributed by atoms with Crippen LogP contribution in [0, 0.1) is 0 Å². The molecule has 0 bridgehead atoms. The molecule has 0 unspecified atom stereocenters. The number of carbonyl (C=O) groups excluding carboxylic acids is 1. The first kappa shape index (κ1) is 31.8. The third kappa shape index (κ3) is 12.2. The standard InChI is InChI=1S/C24H50O5Si5/c1-24(2,26-34(14,28-31(6,7)8)29-32(9,10)11)23(25)22-17-15-21(16-18-22)19-20-33(12,13)27-30(3,4)5/h15-18H,19-20H2,1-14H3. The minimum Gasteiger partial charge on any atom is -0.456 e. The van der Waals surface area contributed by atoms with Crippen molar-refractivity contribution in [1.82, 2.24) is 0 Å². The molecule has 196 valence electrons. The van der Waals surface area contributed by atoms with Gasteiger partial charge in [-0.05, 0) is 104 Å². The van der Waals surface area contributed by atoms with Gasteiger partial charge in [0, 0.05) is 12.1 Å². The summed E-state index contributed by atoms with van der Waals surface area (Å²) in [6.45, 7) is 29.7. The quantitative estimate of drug-likeness (QED) is 0.185. The molecule has 1 rings (SSSR count). The SMILES string of the molecule is CC(C)(O[Si](C)(O[Si](C)(C)C)O[Si](C)(C)C)C(=O)c1ccc(CC[Si](C)(C)O[Si](C)(C)C)cc1. The van der Waals surface area contributed by atoms with Gasteiger partial charge in [0.15, 0.2) is 39.1 Å². The highest BCUT2D eigenvalue weighted by Crippen LogP contribution is 2.29. The second-order valence-electron chi connectivity index (χ2n) is 13.4. The number of hydrogen-bond donors (Lipinski definition) is 0. The molecule has 0 aliphatic rings. The Labute approximate surface area is 214 Å². The summed E-state index contributed by atoms with van der Waals surface area (Å²) in [7, 11) is -10.1. The van der Waals surface area contributed by atoms with Gasteiger partial charge < -0.3 is 16.8 Å². The van der Waals surface area contributed by atoms with Gasteiger partial charge in [0.25, 0.3) is 0 Å². The maximum Gasteiger partial charge on any atom is 0.477 e. The lowest BCUT2D eigenvalue weighted by molar-refractivity contribution is 0.0313. The summed E-state index contributed by atoms with van der Waals surface area (Å²) in [6, 6.07) is 9.06. The Bertz CT molecular complexity index is 802. The molecule has 34 heavy (non-hydrogen) atoms. The summed E-state index contributed by atoms with van der Waals surface area (Å²) in [5.74, 6) is -0.0482. The predicted molar refractivity (Wildman–Crippen MR) is 157 cm³/mol. The van der Waals surface area contributed by atoms with E-state index >= 15 is 0 Å². The second-order valence-corrected chi connectivity index (χ2v) is 34.5. The molecule has 0 amide bonds. The van der Waals surface area contributed by atoms with E-state index in [1.807, 2.05) is 32.5 Å². The first-order valence-corrected chi connectivity index (χ1v) is 27.9. The third-order valence-electron chi connectivity index (χ3n) is 4.78. The Morgan fingerprint density at radius 2 is 1.12 bits per heavy atom. The molecule has 0 saturated heterocycles. The van der Waals surface area contributed by atoms with E-state index in [0.717, 1.165) is 12.5 Å². The molecule has 0 heterocycles. The van der Waals surface area contributed by atoms with Crippen molar-refractivity contribution >= 4 is 47.9 Å². The Hall–Kier alpha value is -0.186. The fourth-order valence-electron chi connectivity index (χ4n) is 4.18. The van der Waals surface area contributed by atoms with Crippen LogP contribution in [0.4, 0.5) is 0 Å². The summed E-state index contributed by atoms with van der Waals surface area (Å²) in [5, 5.41) is 0. The van der Waals surface area contributed by atoms with Crippen molar-refractivity contribution in [3.63, 3.8) is 0 Å². The Morgan fingerprint density at radius 1 is 0.706 bits per heavy atom. The molecule has 10 heteroatoms. The van der Waals surface area contributed by atoms with E-state index in [1.54, 1.807) is 0 Å². The zero-order valence-corrected chi connectivity index (χ0v) is 29.3. The van der Waals surface area contributed by atoms with Crippen LogP contribution in [0.5, 0.6) is 0 Å². The number of aryl methyl sites for hydroxylation is 1. The van der Waals surface area contributed by atoms with E-state index in [1.165, 1.54) is 5.56 Å². The van der Waals surface area contributed by atoms with Gasteiger partial charge in [-0.1, -0.05) is 24.3 Å². The lowest BCUT2D eigenvalue weighted by Crippen LogP contribution is -2.59. The van der Waals surface area contributed by atoms with Crippen LogP contribution >= 0.6 is 0 Å². The highest BCUT2D eigenvalue weighted by molar-refractivity contribution is 6.85. The molecule has 0 atom stereocenters. The van der Waals surface area contributed by atoms with Gasteiger partial charge in [0.05, 0.1) is 0 Å². The first-order chi connectivity index (χ1) is 14.9. The highest BCUT2D eigenvalue weighted by Gasteiger charge is 2.48.